The van der Waals surface area contributed by atoms with Crippen LogP contribution in [0.25, 0.3) is 0 Å². The van der Waals surface area contributed by atoms with Gasteiger partial charge in [0.2, 0.25) is 10.0 Å². The van der Waals surface area contributed by atoms with Gasteiger partial charge in [0.05, 0.1) is 5.69 Å². The van der Waals surface area contributed by atoms with Gasteiger partial charge in [-0.15, -0.1) is 0 Å². The van der Waals surface area contributed by atoms with E-state index < -0.39 is 26.8 Å². The van der Waals surface area contributed by atoms with Gasteiger partial charge in [0.1, 0.15) is 4.90 Å². The van der Waals surface area contributed by atoms with E-state index in [0.29, 0.717) is 0 Å². The summed E-state index contributed by atoms with van der Waals surface area (Å²) in [4.78, 5) is -0.592. The highest BCUT2D eigenvalue weighted by atomic mass is 35.5. The standard InChI is InChI=1S/C12H18ClFN2O3S/c1-7(2)10(3-4-17)16-20(18,19)11-6-8(13)5-9(15)12(11)14/h5-7,10,16-17H,3-4,15H2,1-2H3. The third-order valence-electron chi connectivity index (χ3n) is 2.87. The molecule has 4 N–H and O–H groups in total. The van der Waals surface area contributed by atoms with Crippen molar-refractivity contribution in [3.05, 3.63) is 23.0 Å². The molecule has 0 amide bonds. The lowest BCUT2D eigenvalue weighted by Gasteiger charge is -2.21. The zero-order valence-electron chi connectivity index (χ0n) is 11.2. The molecule has 0 heterocycles. The minimum atomic E-state index is -4.10. The Balaban J connectivity index is 3.17. The van der Waals surface area contributed by atoms with Gasteiger partial charge in [0.15, 0.2) is 5.82 Å². The van der Waals surface area contributed by atoms with E-state index in [4.69, 9.17) is 22.4 Å². The van der Waals surface area contributed by atoms with Gasteiger partial charge in [-0.3, -0.25) is 0 Å². The summed E-state index contributed by atoms with van der Waals surface area (Å²) < 4.78 is 40.6. The lowest BCUT2D eigenvalue weighted by molar-refractivity contribution is 0.256. The first-order valence-electron chi connectivity index (χ1n) is 6.06. The van der Waals surface area contributed by atoms with Crippen molar-refractivity contribution in [2.45, 2.75) is 31.2 Å². The molecule has 0 aliphatic rings. The lowest BCUT2D eigenvalue weighted by atomic mass is 10.0. The highest BCUT2D eigenvalue weighted by Gasteiger charge is 2.26. The molecule has 114 valence electrons. The Morgan fingerprint density at radius 1 is 1.45 bits per heavy atom. The maximum atomic E-state index is 13.9. The number of rotatable bonds is 6. The molecule has 0 saturated heterocycles. The summed E-state index contributed by atoms with van der Waals surface area (Å²) in [7, 11) is -4.10. The average Bonchev–Trinajstić information content (AvgIpc) is 2.32. The second-order valence-electron chi connectivity index (χ2n) is 4.79. The molecule has 0 aromatic heterocycles. The second-order valence-corrected chi connectivity index (χ2v) is 6.91. The van der Waals surface area contributed by atoms with Crippen LogP contribution in [0.3, 0.4) is 0 Å². The van der Waals surface area contributed by atoms with Crippen molar-refractivity contribution in [1.82, 2.24) is 4.72 Å². The van der Waals surface area contributed by atoms with Crippen molar-refractivity contribution in [2.75, 3.05) is 12.3 Å². The van der Waals surface area contributed by atoms with E-state index in [1.807, 2.05) is 0 Å². The van der Waals surface area contributed by atoms with Crippen LogP contribution >= 0.6 is 11.6 Å². The Hall–Kier alpha value is -0.890. The molecule has 8 heteroatoms. The molecule has 1 aromatic carbocycles. The minimum absolute atomic E-state index is 0.0348. The monoisotopic (exact) mass is 324 g/mol. The zero-order valence-corrected chi connectivity index (χ0v) is 12.8. The molecular formula is C12H18ClFN2O3S. The summed E-state index contributed by atoms with van der Waals surface area (Å²) in [5.74, 6) is -1.09. The number of anilines is 1. The normalized spacial score (nSPS) is 13.7. The summed E-state index contributed by atoms with van der Waals surface area (Å²) >= 11 is 5.71. The van der Waals surface area contributed by atoms with Gasteiger partial charge in [-0.05, 0) is 24.5 Å². The van der Waals surface area contributed by atoms with Crippen molar-refractivity contribution in [1.29, 1.82) is 0 Å². The number of benzene rings is 1. The Morgan fingerprint density at radius 3 is 2.55 bits per heavy atom. The summed E-state index contributed by atoms with van der Waals surface area (Å²) in [6, 6.07) is 1.64. The minimum Gasteiger partial charge on any atom is -0.396 e. The van der Waals surface area contributed by atoms with Gasteiger partial charge >= 0.3 is 0 Å². The van der Waals surface area contributed by atoms with Crippen LogP contribution in [-0.4, -0.2) is 26.2 Å². The Kier molecular flexibility index (Phi) is 5.76. The molecule has 5 nitrogen and oxygen atoms in total. The molecule has 0 spiro atoms. The SMILES string of the molecule is CC(C)C(CCO)NS(=O)(=O)c1cc(Cl)cc(N)c1F. The summed E-state index contributed by atoms with van der Waals surface area (Å²) in [5, 5.41) is 8.98. The van der Waals surface area contributed by atoms with Crippen LogP contribution in [0.15, 0.2) is 17.0 Å². The number of sulfonamides is 1. The van der Waals surface area contributed by atoms with Gasteiger partial charge in [-0.1, -0.05) is 25.4 Å². The maximum Gasteiger partial charge on any atom is 0.243 e. The molecule has 20 heavy (non-hydrogen) atoms. The molecule has 0 saturated carbocycles. The first-order valence-corrected chi connectivity index (χ1v) is 7.93. The smallest absolute Gasteiger partial charge is 0.243 e. The molecule has 1 atom stereocenters. The maximum absolute atomic E-state index is 13.9. The molecule has 0 bridgehead atoms. The van der Waals surface area contributed by atoms with E-state index in [1.165, 1.54) is 0 Å². The lowest BCUT2D eigenvalue weighted by Crippen LogP contribution is -2.39. The van der Waals surface area contributed by atoms with Crippen LogP contribution in [0, 0.1) is 11.7 Å². The van der Waals surface area contributed by atoms with Gasteiger partial charge < -0.3 is 10.8 Å². The van der Waals surface area contributed by atoms with Crippen LogP contribution in [0.5, 0.6) is 0 Å². The Labute approximate surface area is 123 Å². The number of nitrogen functional groups attached to an aromatic ring is 1. The molecule has 1 aromatic rings. The largest absolute Gasteiger partial charge is 0.396 e. The summed E-state index contributed by atoms with van der Waals surface area (Å²) in [6.45, 7) is 3.42. The van der Waals surface area contributed by atoms with Gasteiger partial charge in [0, 0.05) is 17.7 Å². The molecule has 0 aliphatic heterocycles. The van der Waals surface area contributed by atoms with Crippen LogP contribution < -0.4 is 10.5 Å². The number of nitrogens with two attached hydrogens (primary N) is 1. The number of aliphatic hydroxyl groups excluding tert-OH is 1. The number of halogens is 2. The van der Waals surface area contributed by atoms with Crippen LogP contribution in [0.2, 0.25) is 5.02 Å². The van der Waals surface area contributed by atoms with Crippen molar-refractivity contribution >= 4 is 27.3 Å². The predicted molar refractivity (Wildman–Crippen MR) is 76.5 cm³/mol. The quantitative estimate of drug-likeness (QED) is 0.695. The van der Waals surface area contributed by atoms with Crippen molar-refractivity contribution in [2.24, 2.45) is 5.92 Å². The van der Waals surface area contributed by atoms with E-state index in [-0.39, 0.29) is 29.7 Å². The van der Waals surface area contributed by atoms with E-state index >= 15 is 0 Å². The third-order valence-corrected chi connectivity index (χ3v) is 4.58. The molecule has 0 aliphatic carbocycles. The zero-order chi connectivity index (χ0) is 15.5. The van der Waals surface area contributed by atoms with E-state index in [1.54, 1.807) is 13.8 Å². The van der Waals surface area contributed by atoms with Crippen LogP contribution in [0.4, 0.5) is 10.1 Å². The second kappa shape index (κ2) is 6.71. The fraction of sp³-hybridized carbons (Fsp3) is 0.500. The summed E-state index contributed by atoms with van der Waals surface area (Å²) in [5.41, 5.74) is 5.04. The highest BCUT2D eigenvalue weighted by molar-refractivity contribution is 7.89. The Morgan fingerprint density at radius 2 is 2.05 bits per heavy atom. The topological polar surface area (TPSA) is 92.4 Å². The van der Waals surface area contributed by atoms with Crippen molar-refractivity contribution < 1.29 is 17.9 Å². The fourth-order valence-corrected chi connectivity index (χ4v) is 3.55. The number of hydrogen-bond acceptors (Lipinski definition) is 4. The molecule has 1 unspecified atom stereocenters. The Bertz CT molecular complexity index is 578. The fourth-order valence-electron chi connectivity index (χ4n) is 1.71. The van der Waals surface area contributed by atoms with E-state index in [0.717, 1.165) is 12.1 Å². The first-order chi connectivity index (χ1) is 9.19. The molecule has 0 radical (unpaired) electrons. The van der Waals surface area contributed by atoms with E-state index in [9.17, 15) is 12.8 Å². The predicted octanol–water partition coefficient (Wildman–Crippen LogP) is 1.75. The van der Waals surface area contributed by atoms with Gasteiger partial charge in [-0.25, -0.2) is 17.5 Å². The summed E-state index contributed by atoms with van der Waals surface area (Å²) in [6.07, 6.45) is 0.231. The molecule has 1 rings (SSSR count). The third kappa shape index (κ3) is 4.05. The average molecular weight is 325 g/mol. The van der Waals surface area contributed by atoms with Crippen LogP contribution in [0.1, 0.15) is 20.3 Å². The molecular weight excluding hydrogens is 307 g/mol. The van der Waals surface area contributed by atoms with Crippen LogP contribution in [-0.2, 0) is 10.0 Å². The number of hydrogen-bond donors (Lipinski definition) is 3. The number of aliphatic hydroxyl groups is 1. The highest BCUT2D eigenvalue weighted by Crippen LogP contribution is 2.25. The van der Waals surface area contributed by atoms with Gasteiger partial charge in [-0.2, -0.15) is 0 Å². The van der Waals surface area contributed by atoms with Gasteiger partial charge in [0.25, 0.3) is 0 Å². The van der Waals surface area contributed by atoms with Crippen molar-refractivity contribution in [3.63, 3.8) is 0 Å². The van der Waals surface area contributed by atoms with Crippen molar-refractivity contribution in [3.8, 4) is 0 Å². The number of nitrogens with one attached hydrogen (secondary N) is 1. The molecule has 0 fully saturated rings. The van der Waals surface area contributed by atoms with E-state index in [2.05, 4.69) is 4.72 Å². The first kappa shape index (κ1) is 17.2.